The quantitative estimate of drug-likeness (QED) is 0.643. The predicted octanol–water partition coefficient (Wildman–Crippen LogP) is 4.61. The normalized spacial score (nSPS) is 10.7. The largest absolute Gasteiger partial charge is 0.324 e. The summed E-state index contributed by atoms with van der Waals surface area (Å²) in [5.41, 5.74) is 1.44. The summed E-state index contributed by atoms with van der Waals surface area (Å²) in [6.07, 6.45) is 0. The molecule has 128 valence electrons. The maximum Gasteiger partial charge on any atom is 0.234 e. The zero-order chi connectivity index (χ0) is 17.8. The van der Waals surface area contributed by atoms with Gasteiger partial charge in [-0.2, -0.15) is 0 Å². The first-order chi connectivity index (χ1) is 12.1. The van der Waals surface area contributed by atoms with E-state index in [-0.39, 0.29) is 11.7 Å². The molecule has 1 aromatic heterocycles. The van der Waals surface area contributed by atoms with Crippen molar-refractivity contribution in [3.63, 3.8) is 0 Å². The molecule has 0 aliphatic heterocycles. The number of halogens is 2. The van der Waals surface area contributed by atoms with Crippen LogP contribution in [0.2, 0.25) is 10.0 Å². The summed E-state index contributed by atoms with van der Waals surface area (Å²) in [7, 11) is 0. The average molecular weight is 393 g/mol. The summed E-state index contributed by atoms with van der Waals surface area (Å²) >= 11 is 13.3. The lowest BCUT2D eigenvalue weighted by Crippen LogP contribution is -2.15. The molecule has 1 amide bonds. The summed E-state index contributed by atoms with van der Waals surface area (Å²) in [6.45, 7) is 1.87. The third kappa shape index (κ3) is 4.15. The Labute approximate surface area is 159 Å². The number of hydrogen-bond donors (Lipinski definition) is 1. The summed E-state index contributed by atoms with van der Waals surface area (Å²) in [4.78, 5) is 12.2. The molecular formula is C17H14Cl2N4OS. The van der Waals surface area contributed by atoms with Gasteiger partial charge in [-0.1, -0.05) is 59.2 Å². The SMILES string of the molecule is Cc1nnc(SCC(=O)Nc2cccc(Cl)c2Cl)n1-c1ccccc1. The maximum absolute atomic E-state index is 12.2. The molecular weight excluding hydrogens is 379 g/mol. The second-order valence-corrected chi connectivity index (χ2v) is 6.87. The number of amides is 1. The molecule has 2 aromatic carbocycles. The first-order valence-corrected chi connectivity index (χ1v) is 9.14. The molecule has 0 atom stereocenters. The highest BCUT2D eigenvalue weighted by Crippen LogP contribution is 2.30. The van der Waals surface area contributed by atoms with E-state index in [0.29, 0.717) is 20.9 Å². The van der Waals surface area contributed by atoms with Gasteiger partial charge in [0.1, 0.15) is 5.82 Å². The number of nitrogens with one attached hydrogen (secondary N) is 1. The van der Waals surface area contributed by atoms with Gasteiger partial charge in [0, 0.05) is 5.69 Å². The highest BCUT2D eigenvalue weighted by Gasteiger charge is 2.14. The molecule has 0 bridgehead atoms. The van der Waals surface area contributed by atoms with Gasteiger partial charge in [0.2, 0.25) is 5.91 Å². The lowest BCUT2D eigenvalue weighted by atomic mass is 10.3. The molecule has 3 aromatic rings. The van der Waals surface area contributed by atoms with E-state index in [1.807, 2.05) is 41.8 Å². The van der Waals surface area contributed by atoms with Gasteiger partial charge in [0.25, 0.3) is 0 Å². The molecule has 0 saturated heterocycles. The van der Waals surface area contributed by atoms with Crippen molar-refractivity contribution in [3.8, 4) is 5.69 Å². The number of anilines is 1. The molecule has 8 heteroatoms. The molecule has 0 aliphatic rings. The van der Waals surface area contributed by atoms with E-state index in [0.717, 1.165) is 11.5 Å². The maximum atomic E-state index is 12.2. The number of aryl methyl sites for hydroxylation is 1. The van der Waals surface area contributed by atoms with E-state index >= 15 is 0 Å². The first-order valence-electron chi connectivity index (χ1n) is 7.40. The summed E-state index contributed by atoms with van der Waals surface area (Å²) in [5.74, 6) is 0.731. The van der Waals surface area contributed by atoms with E-state index < -0.39 is 0 Å². The molecule has 0 fully saturated rings. The zero-order valence-corrected chi connectivity index (χ0v) is 15.6. The van der Waals surface area contributed by atoms with Crippen LogP contribution in [0.5, 0.6) is 0 Å². The van der Waals surface area contributed by atoms with E-state index in [4.69, 9.17) is 23.2 Å². The van der Waals surface area contributed by atoms with Gasteiger partial charge in [-0.15, -0.1) is 10.2 Å². The number of aromatic nitrogens is 3. The minimum atomic E-state index is -0.200. The number of nitrogens with zero attached hydrogens (tertiary/aromatic N) is 3. The lowest BCUT2D eigenvalue weighted by molar-refractivity contribution is -0.113. The first kappa shape index (κ1) is 17.8. The van der Waals surface area contributed by atoms with Crippen LogP contribution in [0.25, 0.3) is 5.69 Å². The van der Waals surface area contributed by atoms with Gasteiger partial charge in [-0.3, -0.25) is 9.36 Å². The van der Waals surface area contributed by atoms with Gasteiger partial charge in [-0.25, -0.2) is 0 Å². The molecule has 1 N–H and O–H groups in total. The minimum absolute atomic E-state index is 0.174. The Balaban J connectivity index is 1.70. The Morgan fingerprint density at radius 3 is 2.64 bits per heavy atom. The Morgan fingerprint density at radius 1 is 1.12 bits per heavy atom. The third-order valence-corrected chi connectivity index (χ3v) is 5.12. The molecule has 0 radical (unpaired) electrons. The van der Waals surface area contributed by atoms with Crippen molar-refractivity contribution >= 4 is 46.6 Å². The van der Waals surface area contributed by atoms with Crippen LogP contribution in [0.1, 0.15) is 5.82 Å². The summed E-state index contributed by atoms with van der Waals surface area (Å²) < 4.78 is 1.91. The Hall–Kier alpha value is -2.02. The fraction of sp³-hybridized carbons (Fsp3) is 0.118. The zero-order valence-electron chi connectivity index (χ0n) is 13.2. The smallest absolute Gasteiger partial charge is 0.234 e. The van der Waals surface area contributed by atoms with Crippen LogP contribution in [0.3, 0.4) is 0 Å². The van der Waals surface area contributed by atoms with E-state index in [1.54, 1.807) is 18.2 Å². The molecule has 0 saturated carbocycles. The Kier molecular flexibility index (Phi) is 5.63. The molecule has 0 unspecified atom stereocenters. The number of thioether (sulfide) groups is 1. The van der Waals surface area contributed by atoms with E-state index in [2.05, 4.69) is 15.5 Å². The van der Waals surface area contributed by atoms with Crippen LogP contribution >= 0.6 is 35.0 Å². The molecule has 25 heavy (non-hydrogen) atoms. The standard InChI is InChI=1S/C17H14Cl2N4OS/c1-11-21-22-17(23(11)12-6-3-2-4-7-12)25-10-15(24)20-14-9-5-8-13(18)16(14)19/h2-9H,10H2,1H3,(H,20,24). The highest BCUT2D eigenvalue weighted by atomic mass is 35.5. The number of benzene rings is 2. The number of carbonyl (C=O) groups excluding carboxylic acids is 1. The third-order valence-electron chi connectivity index (χ3n) is 3.37. The lowest BCUT2D eigenvalue weighted by Gasteiger charge is -2.09. The highest BCUT2D eigenvalue weighted by molar-refractivity contribution is 7.99. The van der Waals surface area contributed by atoms with Gasteiger partial charge in [0.05, 0.1) is 21.5 Å². The monoisotopic (exact) mass is 392 g/mol. The van der Waals surface area contributed by atoms with Gasteiger partial charge in [0.15, 0.2) is 5.16 Å². The van der Waals surface area contributed by atoms with Gasteiger partial charge in [-0.05, 0) is 31.2 Å². The summed E-state index contributed by atoms with van der Waals surface area (Å²) in [6, 6.07) is 14.9. The van der Waals surface area contributed by atoms with Gasteiger partial charge < -0.3 is 5.32 Å². The average Bonchev–Trinajstić information content (AvgIpc) is 2.98. The van der Waals surface area contributed by atoms with Crippen LogP contribution in [-0.4, -0.2) is 26.4 Å². The van der Waals surface area contributed by atoms with E-state index in [9.17, 15) is 4.79 Å². The van der Waals surface area contributed by atoms with Crippen LogP contribution in [0.4, 0.5) is 5.69 Å². The van der Waals surface area contributed by atoms with Crippen molar-refractivity contribution in [2.75, 3.05) is 11.1 Å². The van der Waals surface area contributed by atoms with Crippen molar-refractivity contribution in [1.29, 1.82) is 0 Å². The number of carbonyl (C=O) groups is 1. The molecule has 5 nitrogen and oxygen atoms in total. The number of para-hydroxylation sites is 1. The van der Waals surface area contributed by atoms with Crippen LogP contribution in [0, 0.1) is 6.92 Å². The molecule has 3 rings (SSSR count). The summed E-state index contributed by atoms with van der Waals surface area (Å²) in [5, 5.41) is 12.4. The molecule has 0 spiro atoms. The number of hydrogen-bond acceptors (Lipinski definition) is 4. The second kappa shape index (κ2) is 7.91. The fourth-order valence-electron chi connectivity index (χ4n) is 2.23. The van der Waals surface area contributed by atoms with E-state index in [1.165, 1.54) is 11.8 Å². The molecule has 0 aliphatic carbocycles. The van der Waals surface area contributed by atoms with Crippen LogP contribution < -0.4 is 5.32 Å². The topological polar surface area (TPSA) is 59.8 Å². The minimum Gasteiger partial charge on any atom is -0.324 e. The van der Waals surface area contributed by atoms with Gasteiger partial charge >= 0.3 is 0 Å². The number of rotatable bonds is 5. The molecule has 1 heterocycles. The van der Waals surface area contributed by atoms with Crippen molar-refractivity contribution in [2.45, 2.75) is 12.1 Å². The fourth-order valence-corrected chi connectivity index (χ4v) is 3.37. The van der Waals surface area contributed by atoms with Crippen LogP contribution in [-0.2, 0) is 4.79 Å². The second-order valence-electron chi connectivity index (χ2n) is 5.14. The Morgan fingerprint density at radius 2 is 1.88 bits per heavy atom. The van der Waals surface area contributed by atoms with Crippen molar-refractivity contribution in [3.05, 3.63) is 64.4 Å². The van der Waals surface area contributed by atoms with Crippen LogP contribution in [0.15, 0.2) is 53.7 Å². The Bertz CT molecular complexity index is 899. The van der Waals surface area contributed by atoms with Crippen molar-refractivity contribution in [2.24, 2.45) is 0 Å². The van der Waals surface area contributed by atoms with Crippen molar-refractivity contribution in [1.82, 2.24) is 14.8 Å². The van der Waals surface area contributed by atoms with Crippen molar-refractivity contribution < 1.29 is 4.79 Å². The predicted molar refractivity (Wildman–Crippen MR) is 102 cm³/mol.